The molecule has 0 saturated heterocycles. The molecule has 0 aliphatic carbocycles. The molecule has 94 valence electrons. The number of halogens is 3. The van der Waals surface area contributed by atoms with Gasteiger partial charge >= 0.3 is 6.18 Å². The van der Waals surface area contributed by atoms with Crippen LogP contribution in [0.1, 0.15) is 5.56 Å². The highest BCUT2D eigenvalue weighted by Crippen LogP contribution is 2.38. The molecular weight excluding hydrogens is 235 g/mol. The van der Waals surface area contributed by atoms with Gasteiger partial charge < -0.3 is 15.2 Å². The molecule has 1 heterocycles. The van der Waals surface area contributed by atoms with Crippen LogP contribution < -0.4 is 10.1 Å². The van der Waals surface area contributed by atoms with Crippen molar-refractivity contribution >= 4 is 5.69 Å². The molecule has 6 heteroatoms. The van der Waals surface area contributed by atoms with E-state index in [1.165, 1.54) is 7.11 Å². The quantitative estimate of drug-likeness (QED) is 0.797. The monoisotopic (exact) mass is 247 g/mol. The van der Waals surface area contributed by atoms with Crippen LogP contribution in [0.2, 0.25) is 0 Å². The van der Waals surface area contributed by atoms with Gasteiger partial charge in [0.1, 0.15) is 11.8 Å². The van der Waals surface area contributed by atoms with Crippen LogP contribution in [0, 0.1) is 0 Å². The Morgan fingerprint density at radius 2 is 2.12 bits per heavy atom. The Kier molecular flexibility index (Phi) is 2.91. The number of fused-ring (bicyclic) bond motifs is 1. The van der Waals surface area contributed by atoms with E-state index in [0.29, 0.717) is 17.0 Å². The molecule has 0 saturated carbocycles. The molecule has 1 aromatic rings. The lowest BCUT2D eigenvalue weighted by atomic mass is 9.94. The third-order valence-electron chi connectivity index (χ3n) is 2.80. The van der Waals surface area contributed by atoms with Crippen molar-refractivity contribution in [3.05, 3.63) is 23.8 Å². The van der Waals surface area contributed by atoms with Crippen LogP contribution in [-0.4, -0.2) is 30.5 Å². The zero-order valence-electron chi connectivity index (χ0n) is 9.08. The Hall–Kier alpha value is -1.43. The fourth-order valence-corrected chi connectivity index (χ4v) is 1.98. The maximum absolute atomic E-state index is 12.7. The number of alkyl halides is 3. The Labute approximate surface area is 96.2 Å². The van der Waals surface area contributed by atoms with Gasteiger partial charge in [0.25, 0.3) is 0 Å². The van der Waals surface area contributed by atoms with E-state index in [-0.39, 0.29) is 6.42 Å². The zero-order valence-corrected chi connectivity index (χ0v) is 9.08. The van der Waals surface area contributed by atoms with Gasteiger partial charge in [-0.15, -0.1) is 0 Å². The summed E-state index contributed by atoms with van der Waals surface area (Å²) in [4.78, 5) is 0. The number of aliphatic hydroxyl groups is 1. The second-order valence-corrected chi connectivity index (χ2v) is 3.93. The summed E-state index contributed by atoms with van der Waals surface area (Å²) in [5.41, 5.74) is 0.931. The summed E-state index contributed by atoms with van der Waals surface area (Å²) in [6, 6.07) is 2.98. The zero-order chi connectivity index (χ0) is 12.6. The summed E-state index contributed by atoms with van der Waals surface area (Å²) in [7, 11) is 1.39. The van der Waals surface area contributed by atoms with E-state index in [4.69, 9.17) is 4.74 Å². The van der Waals surface area contributed by atoms with Gasteiger partial charge in [0.15, 0.2) is 0 Å². The van der Waals surface area contributed by atoms with Gasteiger partial charge in [0, 0.05) is 6.42 Å². The molecular formula is C11H12F3NO2. The number of hydrogen-bond donors (Lipinski definition) is 2. The number of para-hydroxylation sites is 1. The number of aliphatic hydroxyl groups excluding tert-OH is 1. The van der Waals surface area contributed by atoms with Crippen molar-refractivity contribution in [1.82, 2.24) is 0 Å². The SMILES string of the molecule is COc1cccc2c1NC(C(F)(F)F)C(O)C2. The third-order valence-corrected chi connectivity index (χ3v) is 2.80. The lowest BCUT2D eigenvalue weighted by Crippen LogP contribution is -2.49. The molecule has 1 aliphatic heterocycles. The summed E-state index contributed by atoms with van der Waals surface area (Å²) >= 11 is 0. The maximum Gasteiger partial charge on any atom is 0.411 e. The van der Waals surface area contributed by atoms with E-state index >= 15 is 0 Å². The number of rotatable bonds is 1. The minimum absolute atomic E-state index is 0.0380. The van der Waals surface area contributed by atoms with E-state index in [2.05, 4.69) is 5.32 Å². The predicted octanol–water partition coefficient (Wildman–Crippen LogP) is 1.95. The first-order valence-electron chi connectivity index (χ1n) is 5.10. The molecule has 0 aromatic heterocycles. The van der Waals surface area contributed by atoms with Crippen molar-refractivity contribution in [1.29, 1.82) is 0 Å². The van der Waals surface area contributed by atoms with Crippen LogP contribution >= 0.6 is 0 Å². The molecule has 17 heavy (non-hydrogen) atoms. The number of methoxy groups -OCH3 is 1. The summed E-state index contributed by atoms with van der Waals surface area (Å²) in [5.74, 6) is 0.351. The van der Waals surface area contributed by atoms with Crippen LogP contribution in [0.4, 0.5) is 18.9 Å². The predicted molar refractivity (Wildman–Crippen MR) is 56.2 cm³/mol. The van der Waals surface area contributed by atoms with Crippen LogP contribution in [-0.2, 0) is 6.42 Å². The Morgan fingerprint density at radius 3 is 2.71 bits per heavy atom. The molecule has 2 rings (SSSR count). The smallest absolute Gasteiger partial charge is 0.411 e. The highest BCUT2D eigenvalue weighted by molar-refractivity contribution is 5.64. The van der Waals surface area contributed by atoms with Crippen molar-refractivity contribution in [2.45, 2.75) is 24.7 Å². The van der Waals surface area contributed by atoms with Gasteiger partial charge in [-0.25, -0.2) is 0 Å². The second kappa shape index (κ2) is 4.10. The molecule has 0 spiro atoms. The second-order valence-electron chi connectivity index (χ2n) is 3.93. The molecule has 3 nitrogen and oxygen atoms in total. The summed E-state index contributed by atoms with van der Waals surface area (Å²) in [6.45, 7) is 0. The number of nitrogens with one attached hydrogen (secondary N) is 1. The minimum atomic E-state index is -4.49. The third kappa shape index (κ3) is 2.17. The highest BCUT2D eigenvalue weighted by atomic mass is 19.4. The first-order chi connectivity index (χ1) is 7.93. The summed E-state index contributed by atoms with van der Waals surface area (Å²) < 4.78 is 43.0. The largest absolute Gasteiger partial charge is 0.495 e. The Balaban J connectivity index is 2.38. The number of anilines is 1. The van der Waals surface area contributed by atoms with E-state index in [1.54, 1.807) is 18.2 Å². The molecule has 1 aliphatic rings. The highest BCUT2D eigenvalue weighted by Gasteiger charge is 2.47. The van der Waals surface area contributed by atoms with Gasteiger partial charge in [0.05, 0.1) is 18.9 Å². The average Bonchev–Trinajstić information content (AvgIpc) is 2.25. The molecule has 2 N–H and O–H groups in total. The molecule has 2 unspecified atom stereocenters. The van der Waals surface area contributed by atoms with Crippen LogP contribution in [0.3, 0.4) is 0 Å². The van der Waals surface area contributed by atoms with Gasteiger partial charge in [0.2, 0.25) is 0 Å². The van der Waals surface area contributed by atoms with Gasteiger partial charge in [-0.2, -0.15) is 13.2 Å². The molecule has 1 aromatic carbocycles. The minimum Gasteiger partial charge on any atom is -0.495 e. The fourth-order valence-electron chi connectivity index (χ4n) is 1.98. The standard InChI is InChI=1S/C11H12F3NO2/c1-17-8-4-2-3-6-5-7(16)10(11(12,13)14)15-9(6)8/h2-4,7,10,15-16H,5H2,1H3. The maximum atomic E-state index is 12.7. The van der Waals surface area contributed by atoms with Crippen LogP contribution in [0.5, 0.6) is 5.75 Å². The average molecular weight is 247 g/mol. The number of ether oxygens (including phenoxy) is 1. The van der Waals surface area contributed by atoms with Gasteiger partial charge in [-0.3, -0.25) is 0 Å². The topological polar surface area (TPSA) is 41.5 Å². The van der Waals surface area contributed by atoms with E-state index in [1.807, 2.05) is 0 Å². The van der Waals surface area contributed by atoms with Crippen LogP contribution in [0.15, 0.2) is 18.2 Å². The molecule has 0 bridgehead atoms. The van der Waals surface area contributed by atoms with Crippen molar-refractivity contribution in [2.24, 2.45) is 0 Å². The number of hydrogen-bond acceptors (Lipinski definition) is 3. The van der Waals surface area contributed by atoms with Crippen molar-refractivity contribution in [3.8, 4) is 5.75 Å². The fraction of sp³-hybridized carbons (Fsp3) is 0.455. The van der Waals surface area contributed by atoms with E-state index in [0.717, 1.165) is 0 Å². The number of benzene rings is 1. The normalized spacial score (nSPS) is 23.8. The first-order valence-corrected chi connectivity index (χ1v) is 5.10. The van der Waals surface area contributed by atoms with Crippen molar-refractivity contribution in [3.63, 3.8) is 0 Å². The molecule has 2 atom stereocenters. The van der Waals surface area contributed by atoms with E-state index in [9.17, 15) is 18.3 Å². The van der Waals surface area contributed by atoms with Crippen molar-refractivity contribution in [2.75, 3.05) is 12.4 Å². The van der Waals surface area contributed by atoms with Crippen LogP contribution in [0.25, 0.3) is 0 Å². The molecule has 0 fully saturated rings. The van der Waals surface area contributed by atoms with E-state index < -0.39 is 18.3 Å². The lowest BCUT2D eigenvalue weighted by Gasteiger charge is -2.33. The summed E-state index contributed by atoms with van der Waals surface area (Å²) in [6.07, 6.45) is -6.00. The molecule has 0 amide bonds. The Bertz CT molecular complexity index is 420. The summed E-state index contributed by atoms with van der Waals surface area (Å²) in [5, 5.41) is 11.8. The first kappa shape index (κ1) is 12.0. The Morgan fingerprint density at radius 1 is 1.41 bits per heavy atom. The van der Waals surface area contributed by atoms with Gasteiger partial charge in [-0.1, -0.05) is 12.1 Å². The lowest BCUT2D eigenvalue weighted by molar-refractivity contribution is -0.163. The van der Waals surface area contributed by atoms with Crippen molar-refractivity contribution < 1.29 is 23.0 Å². The molecule has 0 radical (unpaired) electrons. The van der Waals surface area contributed by atoms with Gasteiger partial charge in [-0.05, 0) is 11.6 Å².